The zero-order chi connectivity index (χ0) is 16.7. The molecule has 0 saturated carbocycles. The van der Waals surface area contributed by atoms with Gasteiger partial charge in [-0.15, -0.1) is 0 Å². The van der Waals surface area contributed by atoms with Gasteiger partial charge in [-0.05, 0) is 23.3 Å². The van der Waals surface area contributed by atoms with Crippen molar-refractivity contribution < 1.29 is 9.53 Å². The molecule has 0 aliphatic carbocycles. The summed E-state index contributed by atoms with van der Waals surface area (Å²) in [7, 11) is 3.79. The van der Waals surface area contributed by atoms with Gasteiger partial charge in [0.2, 0.25) is 5.91 Å². The number of benzene rings is 1. The average Bonchev–Trinajstić information content (AvgIpc) is 3.26. The Hall–Kier alpha value is -2.34. The molecular formula is C18H22N4O2. The number of nitrogens with one attached hydrogen (secondary N) is 1. The van der Waals surface area contributed by atoms with E-state index in [0.717, 1.165) is 31.0 Å². The Labute approximate surface area is 141 Å². The van der Waals surface area contributed by atoms with Crippen molar-refractivity contribution in [1.82, 2.24) is 20.0 Å². The van der Waals surface area contributed by atoms with E-state index in [4.69, 9.17) is 4.74 Å². The van der Waals surface area contributed by atoms with Crippen LogP contribution in [0.5, 0.6) is 5.75 Å². The first kappa shape index (κ1) is 15.2. The van der Waals surface area contributed by atoms with Crippen molar-refractivity contribution in [2.24, 2.45) is 7.05 Å². The Balaban J connectivity index is 1.50. The number of hydrogen-bond acceptors (Lipinski definition) is 4. The molecule has 1 aromatic heterocycles. The smallest absolute Gasteiger partial charge is 0.224 e. The second kappa shape index (κ2) is 5.94. The molecule has 6 heteroatoms. The molecule has 1 N–H and O–H groups in total. The summed E-state index contributed by atoms with van der Waals surface area (Å²) in [5, 5.41) is 7.82. The fourth-order valence-electron chi connectivity index (χ4n) is 3.73. The SMILES string of the molecule is CN1C(=O)C[C@@H](NCc2ccc3c(c2)CCO3)[C@@H]1c1ccnn1C. The molecule has 6 nitrogen and oxygen atoms in total. The van der Waals surface area contributed by atoms with Gasteiger partial charge in [-0.2, -0.15) is 5.10 Å². The van der Waals surface area contributed by atoms with Gasteiger partial charge in [0.05, 0.1) is 18.3 Å². The maximum atomic E-state index is 12.2. The van der Waals surface area contributed by atoms with Crippen LogP contribution in [0.4, 0.5) is 0 Å². The van der Waals surface area contributed by atoms with Gasteiger partial charge in [-0.3, -0.25) is 9.48 Å². The zero-order valence-corrected chi connectivity index (χ0v) is 14.0. The molecule has 0 bridgehead atoms. The highest BCUT2D eigenvalue weighted by atomic mass is 16.5. The number of likely N-dealkylation sites (N-methyl/N-ethyl adjacent to an activating group) is 1. The van der Waals surface area contributed by atoms with Crippen LogP contribution in [0.2, 0.25) is 0 Å². The molecule has 126 valence electrons. The molecule has 1 aromatic carbocycles. The van der Waals surface area contributed by atoms with E-state index in [2.05, 4.69) is 22.5 Å². The second-order valence-corrected chi connectivity index (χ2v) is 6.56. The molecule has 2 aliphatic heterocycles. The summed E-state index contributed by atoms with van der Waals surface area (Å²) in [4.78, 5) is 14.0. The van der Waals surface area contributed by atoms with Crippen molar-refractivity contribution in [3.05, 3.63) is 47.3 Å². The van der Waals surface area contributed by atoms with E-state index < -0.39 is 0 Å². The van der Waals surface area contributed by atoms with Gasteiger partial charge in [-0.25, -0.2) is 0 Å². The zero-order valence-electron chi connectivity index (χ0n) is 14.0. The maximum absolute atomic E-state index is 12.2. The summed E-state index contributed by atoms with van der Waals surface area (Å²) in [6.45, 7) is 1.52. The third-order valence-corrected chi connectivity index (χ3v) is 5.07. The van der Waals surface area contributed by atoms with Crippen LogP contribution in [0, 0.1) is 0 Å². The van der Waals surface area contributed by atoms with E-state index in [0.29, 0.717) is 6.42 Å². The summed E-state index contributed by atoms with van der Waals surface area (Å²) in [6, 6.07) is 8.43. The Bertz CT molecular complexity index is 770. The van der Waals surface area contributed by atoms with Crippen LogP contribution < -0.4 is 10.1 Å². The largest absolute Gasteiger partial charge is 0.493 e. The minimum absolute atomic E-state index is 0.0164. The molecular weight excluding hydrogens is 304 g/mol. The number of likely N-dealkylation sites (tertiary alicyclic amines) is 1. The van der Waals surface area contributed by atoms with Crippen molar-refractivity contribution in [3.8, 4) is 5.75 Å². The van der Waals surface area contributed by atoms with Crippen molar-refractivity contribution in [2.75, 3.05) is 13.7 Å². The Kier molecular flexibility index (Phi) is 3.76. The number of fused-ring (bicyclic) bond motifs is 1. The van der Waals surface area contributed by atoms with Gasteiger partial charge in [0.15, 0.2) is 0 Å². The quantitative estimate of drug-likeness (QED) is 0.923. The third kappa shape index (κ3) is 2.57. The Morgan fingerprint density at radius 1 is 1.33 bits per heavy atom. The Morgan fingerprint density at radius 3 is 3.00 bits per heavy atom. The summed E-state index contributed by atoms with van der Waals surface area (Å²) in [6.07, 6.45) is 3.27. The first-order valence-corrected chi connectivity index (χ1v) is 8.35. The average molecular weight is 326 g/mol. The maximum Gasteiger partial charge on any atom is 0.224 e. The fourth-order valence-corrected chi connectivity index (χ4v) is 3.73. The van der Waals surface area contributed by atoms with E-state index in [1.165, 1.54) is 11.1 Å². The van der Waals surface area contributed by atoms with E-state index >= 15 is 0 Å². The number of aromatic nitrogens is 2. The number of carbonyl (C=O) groups excluding carboxylic acids is 1. The lowest BCUT2D eigenvalue weighted by Gasteiger charge is -2.25. The van der Waals surface area contributed by atoms with Crippen LogP contribution in [-0.2, 0) is 24.8 Å². The van der Waals surface area contributed by atoms with Gasteiger partial charge in [-0.1, -0.05) is 12.1 Å². The molecule has 0 radical (unpaired) electrons. The molecule has 24 heavy (non-hydrogen) atoms. The predicted octanol–water partition coefficient (Wildman–Crippen LogP) is 1.42. The van der Waals surface area contributed by atoms with Crippen LogP contribution in [0.15, 0.2) is 30.5 Å². The monoisotopic (exact) mass is 326 g/mol. The van der Waals surface area contributed by atoms with Crippen molar-refractivity contribution in [3.63, 3.8) is 0 Å². The topological polar surface area (TPSA) is 59.4 Å². The first-order valence-electron chi connectivity index (χ1n) is 8.35. The lowest BCUT2D eigenvalue weighted by Crippen LogP contribution is -2.35. The normalized spacial score (nSPS) is 22.8. The minimum Gasteiger partial charge on any atom is -0.493 e. The molecule has 0 spiro atoms. The summed E-state index contributed by atoms with van der Waals surface area (Å²) < 4.78 is 7.41. The van der Waals surface area contributed by atoms with Crippen LogP contribution in [0.1, 0.15) is 29.3 Å². The fraction of sp³-hybridized carbons (Fsp3) is 0.444. The highest BCUT2D eigenvalue weighted by molar-refractivity contribution is 5.80. The molecule has 4 rings (SSSR count). The van der Waals surface area contributed by atoms with Gasteiger partial charge in [0, 0.05) is 45.7 Å². The Morgan fingerprint density at radius 2 is 2.21 bits per heavy atom. The number of hydrogen-bond donors (Lipinski definition) is 1. The number of nitrogens with zero attached hydrogens (tertiary/aromatic N) is 3. The van der Waals surface area contributed by atoms with Crippen molar-refractivity contribution in [1.29, 1.82) is 0 Å². The van der Waals surface area contributed by atoms with E-state index in [1.54, 1.807) is 6.20 Å². The first-order chi connectivity index (χ1) is 11.6. The molecule has 3 heterocycles. The lowest BCUT2D eigenvalue weighted by atomic mass is 10.0. The molecule has 1 saturated heterocycles. The van der Waals surface area contributed by atoms with Gasteiger partial charge < -0.3 is 15.0 Å². The van der Waals surface area contributed by atoms with Crippen LogP contribution in [0.25, 0.3) is 0 Å². The summed E-state index contributed by atoms with van der Waals surface area (Å²) in [5.41, 5.74) is 3.56. The second-order valence-electron chi connectivity index (χ2n) is 6.56. The van der Waals surface area contributed by atoms with E-state index in [9.17, 15) is 4.79 Å². The molecule has 0 unspecified atom stereocenters. The molecule has 2 atom stereocenters. The minimum atomic E-state index is 0.0164. The van der Waals surface area contributed by atoms with Crippen LogP contribution >= 0.6 is 0 Å². The summed E-state index contributed by atoms with van der Waals surface area (Å²) >= 11 is 0. The van der Waals surface area contributed by atoms with Crippen LogP contribution in [0.3, 0.4) is 0 Å². The number of rotatable bonds is 4. The standard InChI is InChI=1S/C18H22N4O2/c1-21-17(23)10-14(18(21)15-5-7-20-22(15)2)19-11-12-3-4-16-13(9-12)6-8-24-16/h3-5,7,9,14,18-19H,6,8,10-11H2,1-2H3/t14-,18-/m1/s1. The van der Waals surface area contributed by atoms with Gasteiger partial charge in [0.25, 0.3) is 0 Å². The lowest BCUT2D eigenvalue weighted by molar-refractivity contribution is -0.127. The van der Waals surface area contributed by atoms with E-state index in [-0.39, 0.29) is 18.0 Å². The number of carbonyl (C=O) groups is 1. The van der Waals surface area contributed by atoms with Gasteiger partial charge in [0.1, 0.15) is 5.75 Å². The van der Waals surface area contributed by atoms with Crippen molar-refractivity contribution >= 4 is 5.91 Å². The van der Waals surface area contributed by atoms with Crippen molar-refractivity contribution in [2.45, 2.75) is 31.5 Å². The number of amides is 1. The molecule has 1 fully saturated rings. The highest BCUT2D eigenvalue weighted by Gasteiger charge is 2.39. The highest BCUT2D eigenvalue weighted by Crippen LogP contribution is 2.32. The molecule has 1 amide bonds. The van der Waals surface area contributed by atoms with Crippen LogP contribution in [-0.4, -0.2) is 40.3 Å². The summed E-state index contributed by atoms with van der Waals surface area (Å²) in [5.74, 6) is 1.17. The predicted molar refractivity (Wildman–Crippen MR) is 89.6 cm³/mol. The number of aryl methyl sites for hydroxylation is 1. The molecule has 2 aromatic rings. The number of ether oxygens (including phenoxy) is 1. The van der Waals surface area contributed by atoms with Gasteiger partial charge >= 0.3 is 0 Å². The third-order valence-electron chi connectivity index (χ3n) is 5.07. The van der Waals surface area contributed by atoms with E-state index in [1.807, 2.05) is 35.8 Å². The molecule has 2 aliphatic rings.